The molecule has 0 amide bonds. The van der Waals surface area contributed by atoms with Crippen molar-refractivity contribution in [2.24, 2.45) is 0 Å². The van der Waals surface area contributed by atoms with Crippen molar-refractivity contribution in [2.75, 3.05) is 5.32 Å². The summed E-state index contributed by atoms with van der Waals surface area (Å²) in [7, 11) is 0. The Hall–Kier alpha value is -1.06. The van der Waals surface area contributed by atoms with E-state index in [1.807, 2.05) is 22.7 Å². The van der Waals surface area contributed by atoms with Crippen LogP contribution in [-0.2, 0) is 0 Å². The van der Waals surface area contributed by atoms with Gasteiger partial charge in [-0.05, 0) is 0 Å². The molecule has 4 heteroatoms. The van der Waals surface area contributed by atoms with Gasteiger partial charge in [0.1, 0.15) is 0 Å². The standard InChI is InChI=1S/C16H13NS2Se/c1-2-4-11(5-3-1)20-10-12-15-13(6-8-18-15)17-14-7-9-19-16(12)14/h1-9,12,17H,10H2. The van der Waals surface area contributed by atoms with Crippen molar-refractivity contribution in [3.8, 4) is 0 Å². The molecule has 2 aromatic heterocycles. The summed E-state index contributed by atoms with van der Waals surface area (Å²) in [4.78, 5) is 3.02. The Morgan fingerprint density at radius 3 is 2.20 bits per heavy atom. The maximum atomic E-state index is 3.56. The van der Waals surface area contributed by atoms with Gasteiger partial charge in [-0.25, -0.2) is 0 Å². The van der Waals surface area contributed by atoms with Crippen LogP contribution in [0.25, 0.3) is 0 Å². The molecule has 1 aliphatic rings. The number of hydrogen-bond acceptors (Lipinski definition) is 3. The van der Waals surface area contributed by atoms with E-state index >= 15 is 0 Å². The summed E-state index contributed by atoms with van der Waals surface area (Å²) in [5.74, 6) is 0.585. The summed E-state index contributed by atoms with van der Waals surface area (Å²) in [6.07, 6.45) is 0. The molecule has 3 aromatic rings. The minimum atomic E-state index is 0.534. The second-order valence-corrected chi connectivity index (χ2v) is 8.89. The summed E-state index contributed by atoms with van der Waals surface area (Å²) in [6, 6.07) is 15.3. The van der Waals surface area contributed by atoms with Crippen LogP contribution in [0, 0.1) is 0 Å². The molecule has 0 fully saturated rings. The number of fused-ring (bicyclic) bond motifs is 2. The minimum absolute atomic E-state index is 0.534. The Balaban J connectivity index is 1.63. The molecule has 0 bridgehead atoms. The Bertz CT molecular complexity index is 677. The fraction of sp³-hybridized carbons (Fsp3) is 0.125. The third kappa shape index (κ3) is 2.23. The van der Waals surface area contributed by atoms with Crippen molar-refractivity contribution < 1.29 is 0 Å². The van der Waals surface area contributed by atoms with Crippen molar-refractivity contribution in [2.45, 2.75) is 11.2 Å². The third-order valence-corrected chi connectivity index (χ3v) is 7.83. The van der Waals surface area contributed by atoms with E-state index in [4.69, 9.17) is 0 Å². The molecule has 0 spiro atoms. The van der Waals surface area contributed by atoms with Crippen LogP contribution in [0.1, 0.15) is 15.7 Å². The molecular formula is C16H13NS2Se. The van der Waals surface area contributed by atoms with Gasteiger partial charge in [-0.1, -0.05) is 0 Å². The summed E-state index contributed by atoms with van der Waals surface area (Å²) in [5.41, 5.74) is 2.63. The number of thiophene rings is 2. The zero-order valence-electron chi connectivity index (χ0n) is 10.7. The normalized spacial score (nSPS) is 13.6. The van der Waals surface area contributed by atoms with Gasteiger partial charge >= 0.3 is 133 Å². The van der Waals surface area contributed by atoms with Crippen LogP contribution in [0.4, 0.5) is 11.4 Å². The fourth-order valence-corrected chi connectivity index (χ4v) is 7.16. The zero-order chi connectivity index (χ0) is 13.4. The van der Waals surface area contributed by atoms with E-state index in [1.165, 1.54) is 30.9 Å². The van der Waals surface area contributed by atoms with Gasteiger partial charge in [0, 0.05) is 0 Å². The van der Waals surface area contributed by atoms with Gasteiger partial charge in [0.25, 0.3) is 0 Å². The van der Waals surface area contributed by atoms with E-state index in [-0.39, 0.29) is 0 Å². The molecule has 1 nitrogen and oxygen atoms in total. The van der Waals surface area contributed by atoms with Gasteiger partial charge in [-0.15, -0.1) is 0 Å². The second-order valence-electron chi connectivity index (χ2n) is 4.70. The molecule has 3 heterocycles. The molecule has 1 aliphatic heterocycles. The van der Waals surface area contributed by atoms with Crippen molar-refractivity contribution in [1.82, 2.24) is 0 Å². The quantitative estimate of drug-likeness (QED) is 0.679. The number of anilines is 2. The van der Waals surface area contributed by atoms with Gasteiger partial charge in [-0.3, -0.25) is 0 Å². The van der Waals surface area contributed by atoms with Gasteiger partial charge < -0.3 is 0 Å². The second kappa shape index (κ2) is 5.38. The molecule has 0 saturated carbocycles. The van der Waals surface area contributed by atoms with Crippen LogP contribution in [0.3, 0.4) is 0 Å². The molecule has 0 saturated heterocycles. The fourth-order valence-electron chi connectivity index (χ4n) is 2.50. The van der Waals surface area contributed by atoms with Gasteiger partial charge in [-0.2, -0.15) is 0 Å². The number of nitrogens with one attached hydrogen (secondary N) is 1. The molecule has 0 atom stereocenters. The van der Waals surface area contributed by atoms with E-state index in [9.17, 15) is 0 Å². The molecule has 20 heavy (non-hydrogen) atoms. The third-order valence-electron chi connectivity index (χ3n) is 3.45. The maximum absolute atomic E-state index is 3.56. The Kier molecular flexibility index (Phi) is 3.40. The van der Waals surface area contributed by atoms with E-state index < -0.39 is 0 Å². The predicted octanol–water partition coefficient (Wildman–Crippen LogP) is 4.45. The molecule has 0 radical (unpaired) electrons. The molecule has 1 aromatic carbocycles. The van der Waals surface area contributed by atoms with E-state index in [0.29, 0.717) is 20.9 Å². The predicted molar refractivity (Wildman–Crippen MR) is 90.4 cm³/mol. The van der Waals surface area contributed by atoms with Crippen LogP contribution in [0.15, 0.2) is 53.2 Å². The van der Waals surface area contributed by atoms with Crippen molar-refractivity contribution in [3.05, 3.63) is 63.0 Å². The van der Waals surface area contributed by atoms with Crippen molar-refractivity contribution in [1.29, 1.82) is 0 Å². The summed E-state index contributed by atoms with van der Waals surface area (Å²) in [5, 5.41) is 9.22. The first-order chi connectivity index (χ1) is 9.92. The van der Waals surface area contributed by atoms with E-state index in [0.717, 1.165) is 0 Å². The topological polar surface area (TPSA) is 12.0 Å². The van der Waals surface area contributed by atoms with Crippen LogP contribution >= 0.6 is 22.7 Å². The monoisotopic (exact) mass is 363 g/mol. The van der Waals surface area contributed by atoms with Crippen LogP contribution in [0.2, 0.25) is 5.32 Å². The Labute approximate surface area is 132 Å². The molecule has 1 N–H and O–H groups in total. The first-order valence-corrected chi connectivity index (χ1v) is 10.3. The average molecular weight is 362 g/mol. The van der Waals surface area contributed by atoms with Crippen molar-refractivity contribution >= 4 is 53.5 Å². The summed E-state index contributed by atoms with van der Waals surface area (Å²) >= 11 is 4.31. The van der Waals surface area contributed by atoms with Gasteiger partial charge in [0.15, 0.2) is 0 Å². The summed E-state index contributed by atoms with van der Waals surface area (Å²) < 4.78 is 1.50. The number of rotatable bonds is 3. The number of benzene rings is 1. The van der Waals surface area contributed by atoms with Crippen LogP contribution < -0.4 is 9.78 Å². The van der Waals surface area contributed by atoms with Crippen molar-refractivity contribution in [3.63, 3.8) is 0 Å². The van der Waals surface area contributed by atoms with Crippen LogP contribution in [-0.4, -0.2) is 15.0 Å². The molecule has 100 valence electrons. The van der Waals surface area contributed by atoms with E-state index in [2.05, 4.69) is 58.5 Å². The Morgan fingerprint density at radius 1 is 0.900 bits per heavy atom. The summed E-state index contributed by atoms with van der Waals surface area (Å²) in [6.45, 7) is 0. The first kappa shape index (κ1) is 12.7. The molecule has 0 aliphatic carbocycles. The van der Waals surface area contributed by atoms with Gasteiger partial charge in [0.05, 0.1) is 0 Å². The van der Waals surface area contributed by atoms with E-state index in [1.54, 1.807) is 0 Å². The SMILES string of the molecule is c1ccc([Se]CC2c3sccc3Nc3ccsc32)cc1. The molecular weight excluding hydrogens is 349 g/mol. The Morgan fingerprint density at radius 2 is 1.55 bits per heavy atom. The zero-order valence-corrected chi connectivity index (χ0v) is 14.1. The van der Waals surface area contributed by atoms with Gasteiger partial charge in [0.2, 0.25) is 0 Å². The van der Waals surface area contributed by atoms with Crippen LogP contribution in [0.5, 0.6) is 0 Å². The molecule has 0 unspecified atom stereocenters. The number of hydrogen-bond donors (Lipinski definition) is 1. The average Bonchev–Trinajstić information content (AvgIpc) is 3.12. The molecule has 4 rings (SSSR count). The first-order valence-electron chi connectivity index (χ1n) is 6.51.